The molecule has 2 atom stereocenters. The number of aliphatic hydroxyl groups is 1. The summed E-state index contributed by atoms with van der Waals surface area (Å²) in [5.74, 6) is 0.339. The first-order valence-electron chi connectivity index (χ1n) is 6.21. The number of nitrogens with one attached hydrogen (secondary N) is 1. The van der Waals surface area contributed by atoms with Gasteiger partial charge in [0.05, 0.1) is 6.10 Å². The Morgan fingerprint density at radius 2 is 2.00 bits per heavy atom. The van der Waals surface area contributed by atoms with Gasteiger partial charge in [-0.05, 0) is 46.2 Å². The third-order valence-corrected chi connectivity index (χ3v) is 2.90. The number of aromatic hydroxyl groups is 1. The van der Waals surface area contributed by atoms with Crippen molar-refractivity contribution in [2.45, 2.75) is 45.8 Å². The van der Waals surface area contributed by atoms with Crippen LogP contribution in [0.25, 0.3) is 0 Å². The maximum absolute atomic E-state index is 9.77. The summed E-state index contributed by atoms with van der Waals surface area (Å²) in [6.45, 7) is 6.70. The van der Waals surface area contributed by atoms with Gasteiger partial charge in [-0.1, -0.05) is 17.7 Å². The van der Waals surface area contributed by atoms with Gasteiger partial charge in [0.25, 0.3) is 0 Å². The Morgan fingerprint density at radius 3 is 2.65 bits per heavy atom. The molecule has 0 aromatic heterocycles. The van der Waals surface area contributed by atoms with Crippen LogP contribution >= 0.6 is 0 Å². The van der Waals surface area contributed by atoms with Crippen LogP contribution in [0.1, 0.15) is 43.9 Å². The van der Waals surface area contributed by atoms with E-state index in [0.29, 0.717) is 5.75 Å². The lowest BCUT2D eigenvalue weighted by molar-refractivity contribution is 0.181. The molecule has 0 aliphatic heterocycles. The number of benzene rings is 1. The van der Waals surface area contributed by atoms with Crippen molar-refractivity contribution in [3.05, 3.63) is 29.3 Å². The zero-order valence-corrected chi connectivity index (χ0v) is 10.9. The molecule has 0 heterocycles. The van der Waals surface area contributed by atoms with Gasteiger partial charge >= 0.3 is 0 Å². The molecule has 0 radical (unpaired) electrons. The normalized spacial score (nSPS) is 14.6. The van der Waals surface area contributed by atoms with E-state index >= 15 is 0 Å². The van der Waals surface area contributed by atoms with Crippen molar-refractivity contribution in [3.8, 4) is 5.75 Å². The van der Waals surface area contributed by atoms with Crippen LogP contribution in [0.15, 0.2) is 18.2 Å². The highest BCUT2D eigenvalue weighted by molar-refractivity contribution is 5.37. The molecule has 1 aromatic carbocycles. The van der Waals surface area contributed by atoms with Crippen LogP contribution in [0.5, 0.6) is 5.75 Å². The predicted molar refractivity (Wildman–Crippen MR) is 70.2 cm³/mol. The number of phenolic OH excluding ortho intramolecular Hbond substituents is 1. The van der Waals surface area contributed by atoms with E-state index in [9.17, 15) is 5.11 Å². The van der Waals surface area contributed by atoms with Gasteiger partial charge in [-0.15, -0.1) is 0 Å². The van der Waals surface area contributed by atoms with E-state index in [1.807, 2.05) is 26.0 Å². The largest absolute Gasteiger partial charge is 0.508 e. The first-order chi connectivity index (χ1) is 8.00. The number of aryl methyl sites for hydroxylation is 1. The average Bonchev–Trinajstić information content (AvgIpc) is 2.27. The van der Waals surface area contributed by atoms with E-state index in [1.165, 1.54) is 0 Å². The highest BCUT2D eigenvalue weighted by Crippen LogP contribution is 2.24. The Labute approximate surface area is 103 Å². The number of phenols is 1. The fourth-order valence-corrected chi connectivity index (χ4v) is 1.85. The van der Waals surface area contributed by atoms with Gasteiger partial charge in [-0.2, -0.15) is 0 Å². The summed E-state index contributed by atoms with van der Waals surface area (Å²) in [6.07, 6.45) is 1.51. The lowest BCUT2D eigenvalue weighted by Gasteiger charge is -2.16. The standard InChI is InChI=1S/C14H23NO2/c1-10-6-7-14(17)13(9-10)12(3)15-8-4-5-11(2)16/h6-7,9,11-12,15-17H,4-5,8H2,1-3H3. The number of hydrogen-bond donors (Lipinski definition) is 3. The summed E-state index contributed by atoms with van der Waals surface area (Å²) < 4.78 is 0. The van der Waals surface area contributed by atoms with E-state index in [-0.39, 0.29) is 12.1 Å². The fourth-order valence-electron chi connectivity index (χ4n) is 1.85. The highest BCUT2D eigenvalue weighted by Gasteiger charge is 2.09. The summed E-state index contributed by atoms with van der Waals surface area (Å²) in [4.78, 5) is 0. The molecule has 3 nitrogen and oxygen atoms in total. The zero-order valence-electron chi connectivity index (χ0n) is 10.9. The molecule has 0 aliphatic carbocycles. The minimum absolute atomic E-state index is 0.129. The molecule has 0 fully saturated rings. The van der Waals surface area contributed by atoms with E-state index < -0.39 is 0 Å². The van der Waals surface area contributed by atoms with Crippen molar-refractivity contribution in [2.75, 3.05) is 6.54 Å². The van der Waals surface area contributed by atoms with Gasteiger partial charge in [0, 0.05) is 11.6 Å². The topological polar surface area (TPSA) is 52.5 Å². The predicted octanol–water partition coefficient (Wildman–Crippen LogP) is 2.51. The van der Waals surface area contributed by atoms with Crippen LogP contribution < -0.4 is 5.32 Å². The molecule has 0 spiro atoms. The summed E-state index contributed by atoms with van der Waals surface area (Å²) in [5.41, 5.74) is 2.08. The first kappa shape index (κ1) is 14.0. The van der Waals surface area contributed by atoms with Crippen LogP contribution in [-0.2, 0) is 0 Å². The molecular formula is C14H23NO2. The van der Waals surface area contributed by atoms with Gasteiger partial charge in [-0.25, -0.2) is 0 Å². The second-order valence-electron chi connectivity index (χ2n) is 4.73. The summed E-state index contributed by atoms with van der Waals surface area (Å²) in [6, 6.07) is 5.77. The van der Waals surface area contributed by atoms with Crippen LogP contribution in [0.3, 0.4) is 0 Å². The van der Waals surface area contributed by atoms with Crippen LogP contribution in [0, 0.1) is 6.92 Å². The third kappa shape index (κ3) is 4.75. The molecule has 0 saturated carbocycles. The molecule has 1 aromatic rings. The Kier molecular flexibility index (Phi) is 5.45. The monoisotopic (exact) mass is 237 g/mol. The Hall–Kier alpha value is -1.06. The molecule has 0 aliphatic rings. The smallest absolute Gasteiger partial charge is 0.120 e. The van der Waals surface area contributed by atoms with Gasteiger partial charge in [0.15, 0.2) is 0 Å². The van der Waals surface area contributed by atoms with Crippen molar-refractivity contribution < 1.29 is 10.2 Å². The van der Waals surface area contributed by atoms with E-state index in [0.717, 1.165) is 30.5 Å². The van der Waals surface area contributed by atoms with Crippen molar-refractivity contribution in [2.24, 2.45) is 0 Å². The molecule has 0 amide bonds. The van der Waals surface area contributed by atoms with Gasteiger partial charge in [0.2, 0.25) is 0 Å². The summed E-state index contributed by atoms with van der Waals surface area (Å²) >= 11 is 0. The minimum Gasteiger partial charge on any atom is -0.508 e. The average molecular weight is 237 g/mol. The van der Waals surface area contributed by atoms with Crippen LogP contribution in [0.2, 0.25) is 0 Å². The quantitative estimate of drug-likeness (QED) is 0.666. The van der Waals surface area contributed by atoms with Crippen molar-refractivity contribution in [1.29, 1.82) is 0 Å². The van der Waals surface area contributed by atoms with Crippen molar-refractivity contribution in [1.82, 2.24) is 5.32 Å². The van der Waals surface area contributed by atoms with Gasteiger partial charge < -0.3 is 15.5 Å². The third-order valence-electron chi connectivity index (χ3n) is 2.90. The van der Waals surface area contributed by atoms with E-state index in [2.05, 4.69) is 5.32 Å². The van der Waals surface area contributed by atoms with Crippen molar-refractivity contribution in [3.63, 3.8) is 0 Å². The summed E-state index contributed by atoms with van der Waals surface area (Å²) in [5, 5.41) is 22.3. The van der Waals surface area contributed by atoms with Crippen LogP contribution in [-0.4, -0.2) is 22.9 Å². The molecule has 0 saturated heterocycles. The second-order valence-corrected chi connectivity index (χ2v) is 4.73. The molecule has 3 heteroatoms. The lowest BCUT2D eigenvalue weighted by Crippen LogP contribution is -2.21. The molecule has 1 rings (SSSR count). The molecular weight excluding hydrogens is 214 g/mol. The molecule has 2 unspecified atom stereocenters. The fraction of sp³-hybridized carbons (Fsp3) is 0.571. The molecule has 17 heavy (non-hydrogen) atoms. The van der Waals surface area contributed by atoms with Gasteiger partial charge in [0.1, 0.15) is 5.75 Å². The lowest BCUT2D eigenvalue weighted by atomic mass is 10.0. The molecule has 96 valence electrons. The zero-order chi connectivity index (χ0) is 12.8. The Balaban J connectivity index is 2.46. The molecule has 3 N–H and O–H groups in total. The maximum atomic E-state index is 9.77. The molecule has 0 bridgehead atoms. The van der Waals surface area contributed by atoms with E-state index in [1.54, 1.807) is 13.0 Å². The second kappa shape index (κ2) is 6.62. The Morgan fingerprint density at radius 1 is 1.29 bits per heavy atom. The number of hydrogen-bond acceptors (Lipinski definition) is 3. The number of aliphatic hydroxyl groups excluding tert-OH is 1. The van der Waals surface area contributed by atoms with Crippen molar-refractivity contribution >= 4 is 0 Å². The minimum atomic E-state index is -0.237. The summed E-state index contributed by atoms with van der Waals surface area (Å²) in [7, 11) is 0. The van der Waals surface area contributed by atoms with E-state index in [4.69, 9.17) is 5.11 Å². The number of rotatable bonds is 6. The maximum Gasteiger partial charge on any atom is 0.120 e. The van der Waals surface area contributed by atoms with Crippen LogP contribution in [0.4, 0.5) is 0 Å². The Bertz CT molecular complexity index is 350. The SMILES string of the molecule is Cc1ccc(O)c(C(C)NCCCC(C)O)c1. The highest BCUT2D eigenvalue weighted by atomic mass is 16.3. The van der Waals surface area contributed by atoms with Gasteiger partial charge in [-0.3, -0.25) is 0 Å². The first-order valence-corrected chi connectivity index (χ1v) is 6.21.